The molecule has 0 aliphatic rings. The number of ether oxygens (including phenoxy) is 2. The summed E-state index contributed by atoms with van der Waals surface area (Å²) in [5.74, 6) is 1.84. The molecular formula is C15H14O3. The van der Waals surface area contributed by atoms with Crippen molar-refractivity contribution < 1.29 is 14.3 Å². The summed E-state index contributed by atoms with van der Waals surface area (Å²) in [5.41, 5.74) is 1.72. The number of benzene rings is 2. The lowest BCUT2D eigenvalue weighted by Crippen LogP contribution is -1.92. The maximum Gasteiger partial charge on any atom is 0.169 e. The highest BCUT2D eigenvalue weighted by atomic mass is 16.5. The lowest BCUT2D eigenvalue weighted by molar-refractivity contribution is 0.112. The zero-order valence-electron chi connectivity index (χ0n) is 10.3. The predicted molar refractivity (Wildman–Crippen MR) is 69.6 cm³/mol. The van der Waals surface area contributed by atoms with Gasteiger partial charge in [0.1, 0.15) is 12.0 Å². The number of aldehydes is 1. The highest BCUT2D eigenvalue weighted by molar-refractivity contribution is 5.76. The summed E-state index contributed by atoms with van der Waals surface area (Å²) < 4.78 is 10.9. The smallest absolute Gasteiger partial charge is 0.169 e. The van der Waals surface area contributed by atoms with Gasteiger partial charge in [-0.25, -0.2) is 0 Å². The number of carbonyl (C=O) groups excluding carboxylic acids is 1. The molecule has 0 bridgehead atoms. The first-order valence-electron chi connectivity index (χ1n) is 5.60. The van der Waals surface area contributed by atoms with Gasteiger partial charge in [-0.3, -0.25) is 4.79 Å². The molecule has 3 nitrogen and oxygen atoms in total. The van der Waals surface area contributed by atoms with Crippen molar-refractivity contribution in [3.8, 4) is 17.2 Å². The van der Waals surface area contributed by atoms with Crippen molar-refractivity contribution in [3.63, 3.8) is 0 Å². The van der Waals surface area contributed by atoms with Gasteiger partial charge >= 0.3 is 0 Å². The Morgan fingerprint density at radius 3 is 2.33 bits per heavy atom. The van der Waals surface area contributed by atoms with Crippen LogP contribution in [0.1, 0.15) is 15.9 Å². The van der Waals surface area contributed by atoms with Crippen LogP contribution in [0.5, 0.6) is 17.2 Å². The lowest BCUT2D eigenvalue weighted by Gasteiger charge is -2.10. The van der Waals surface area contributed by atoms with Crippen LogP contribution in [0.2, 0.25) is 0 Å². The van der Waals surface area contributed by atoms with Crippen molar-refractivity contribution >= 4 is 6.29 Å². The maximum absolute atomic E-state index is 10.8. The molecule has 92 valence electrons. The van der Waals surface area contributed by atoms with Crippen LogP contribution in [-0.2, 0) is 0 Å². The van der Waals surface area contributed by atoms with Gasteiger partial charge in [-0.2, -0.15) is 0 Å². The Morgan fingerprint density at radius 1 is 1.00 bits per heavy atom. The molecule has 0 amide bonds. The average molecular weight is 242 g/mol. The Labute approximate surface area is 106 Å². The third-order valence-corrected chi connectivity index (χ3v) is 2.57. The third-order valence-electron chi connectivity index (χ3n) is 2.57. The SMILES string of the molecule is COc1ccc(C=O)cc1Oc1ccc(C)cc1. The molecule has 0 heterocycles. The van der Waals surface area contributed by atoms with E-state index < -0.39 is 0 Å². The Morgan fingerprint density at radius 2 is 1.72 bits per heavy atom. The minimum atomic E-state index is 0.533. The highest BCUT2D eigenvalue weighted by Gasteiger charge is 2.06. The molecule has 2 aromatic carbocycles. The van der Waals surface area contributed by atoms with Crippen LogP contribution in [0.25, 0.3) is 0 Å². The van der Waals surface area contributed by atoms with Gasteiger partial charge in [0.2, 0.25) is 0 Å². The summed E-state index contributed by atoms with van der Waals surface area (Å²) in [6.45, 7) is 2.01. The van der Waals surface area contributed by atoms with E-state index in [1.807, 2.05) is 31.2 Å². The minimum Gasteiger partial charge on any atom is -0.493 e. The van der Waals surface area contributed by atoms with Crippen molar-refractivity contribution in [1.82, 2.24) is 0 Å². The number of methoxy groups -OCH3 is 1. The summed E-state index contributed by atoms with van der Waals surface area (Å²) in [7, 11) is 1.57. The number of aryl methyl sites for hydroxylation is 1. The van der Waals surface area contributed by atoms with Gasteiger partial charge in [0.25, 0.3) is 0 Å². The lowest BCUT2D eigenvalue weighted by atomic mass is 10.2. The average Bonchev–Trinajstić information content (AvgIpc) is 2.41. The number of carbonyl (C=O) groups is 1. The van der Waals surface area contributed by atoms with E-state index in [4.69, 9.17) is 9.47 Å². The fourth-order valence-corrected chi connectivity index (χ4v) is 1.58. The van der Waals surface area contributed by atoms with E-state index in [1.165, 1.54) is 0 Å². The molecule has 3 heteroatoms. The topological polar surface area (TPSA) is 35.5 Å². The van der Waals surface area contributed by atoms with Crippen LogP contribution in [0, 0.1) is 6.92 Å². The fraction of sp³-hybridized carbons (Fsp3) is 0.133. The molecule has 0 atom stereocenters. The standard InChI is InChI=1S/C15H14O3/c1-11-3-6-13(7-4-11)18-15-9-12(10-16)5-8-14(15)17-2/h3-10H,1-2H3. The molecule has 0 unspecified atom stereocenters. The second-order valence-corrected chi connectivity index (χ2v) is 3.94. The molecule has 0 saturated carbocycles. The third kappa shape index (κ3) is 2.69. The Balaban J connectivity index is 2.31. The van der Waals surface area contributed by atoms with E-state index >= 15 is 0 Å². The molecule has 0 aromatic heterocycles. The quantitative estimate of drug-likeness (QED) is 0.768. The number of hydrogen-bond donors (Lipinski definition) is 0. The van der Waals surface area contributed by atoms with Crippen LogP contribution in [0.15, 0.2) is 42.5 Å². The summed E-state index contributed by atoms with van der Waals surface area (Å²) in [4.78, 5) is 10.8. The largest absolute Gasteiger partial charge is 0.493 e. The normalized spacial score (nSPS) is 9.89. The second kappa shape index (κ2) is 5.36. The van der Waals surface area contributed by atoms with E-state index in [9.17, 15) is 4.79 Å². The molecule has 0 spiro atoms. The van der Waals surface area contributed by atoms with Gasteiger partial charge in [-0.1, -0.05) is 17.7 Å². The van der Waals surface area contributed by atoms with Crippen molar-refractivity contribution in [2.45, 2.75) is 6.92 Å². The van der Waals surface area contributed by atoms with E-state index in [0.29, 0.717) is 22.8 Å². The van der Waals surface area contributed by atoms with Crippen LogP contribution < -0.4 is 9.47 Å². The second-order valence-electron chi connectivity index (χ2n) is 3.94. The molecule has 0 N–H and O–H groups in total. The van der Waals surface area contributed by atoms with Crippen LogP contribution in [-0.4, -0.2) is 13.4 Å². The highest BCUT2D eigenvalue weighted by Crippen LogP contribution is 2.32. The Bertz CT molecular complexity index is 544. The minimum absolute atomic E-state index is 0.533. The van der Waals surface area contributed by atoms with Gasteiger partial charge in [-0.05, 0) is 37.3 Å². The number of rotatable bonds is 4. The van der Waals surface area contributed by atoms with E-state index in [1.54, 1.807) is 25.3 Å². The van der Waals surface area contributed by atoms with Crippen LogP contribution >= 0.6 is 0 Å². The van der Waals surface area contributed by atoms with Gasteiger partial charge in [0.05, 0.1) is 7.11 Å². The van der Waals surface area contributed by atoms with E-state index in [0.717, 1.165) is 11.8 Å². The molecule has 0 aliphatic carbocycles. The number of hydrogen-bond acceptors (Lipinski definition) is 3. The zero-order chi connectivity index (χ0) is 13.0. The van der Waals surface area contributed by atoms with Gasteiger partial charge in [0, 0.05) is 5.56 Å². The molecule has 0 fully saturated rings. The monoisotopic (exact) mass is 242 g/mol. The first kappa shape index (κ1) is 12.2. The van der Waals surface area contributed by atoms with Crippen molar-refractivity contribution in [3.05, 3.63) is 53.6 Å². The Hall–Kier alpha value is -2.29. The molecule has 0 saturated heterocycles. The van der Waals surface area contributed by atoms with E-state index in [-0.39, 0.29) is 0 Å². The first-order chi connectivity index (χ1) is 8.72. The summed E-state index contributed by atoms with van der Waals surface area (Å²) in [6.07, 6.45) is 0.779. The van der Waals surface area contributed by atoms with Gasteiger partial charge in [-0.15, -0.1) is 0 Å². The van der Waals surface area contributed by atoms with Crippen molar-refractivity contribution in [1.29, 1.82) is 0 Å². The van der Waals surface area contributed by atoms with Crippen molar-refractivity contribution in [2.75, 3.05) is 7.11 Å². The summed E-state index contributed by atoms with van der Waals surface area (Å²) in [6, 6.07) is 12.7. The molecule has 2 aromatic rings. The van der Waals surface area contributed by atoms with E-state index in [2.05, 4.69) is 0 Å². The van der Waals surface area contributed by atoms with Gasteiger partial charge in [0.15, 0.2) is 11.5 Å². The molecule has 2 rings (SSSR count). The Kier molecular flexibility index (Phi) is 3.63. The van der Waals surface area contributed by atoms with Crippen LogP contribution in [0.3, 0.4) is 0 Å². The summed E-state index contributed by atoms with van der Waals surface area (Å²) >= 11 is 0. The predicted octanol–water partition coefficient (Wildman–Crippen LogP) is 3.61. The first-order valence-corrected chi connectivity index (χ1v) is 5.60. The maximum atomic E-state index is 10.8. The summed E-state index contributed by atoms with van der Waals surface area (Å²) in [5, 5.41) is 0. The van der Waals surface area contributed by atoms with Crippen molar-refractivity contribution in [2.24, 2.45) is 0 Å². The van der Waals surface area contributed by atoms with Gasteiger partial charge < -0.3 is 9.47 Å². The molecule has 0 aliphatic heterocycles. The molecule has 0 radical (unpaired) electrons. The van der Waals surface area contributed by atoms with Crippen LogP contribution in [0.4, 0.5) is 0 Å². The molecular weight excluding hydrogens is 228 g/mol. The fourth-order valence-electron chi connectivity index (χ4n) is 1.58. The zero-order valence-corrected chi connectivity index (χ0v) is 10.3. The molecule has 18 heavy (non-hydrogen) atoms.